The Bertz CT molecular complexity index is 66.0. The van der Waals surface area contributed by atoms with Gasteiger partial charge in [-0.15, -0.1) is 0 Å². The summed E-state index contributed by atoms with van der Waals surface area (Å²) in [6.45, 7) is 2.20. The van der Waals surface area contributed by atoms with Crippen LogP contribution in [0.3, 0.4) is 0 Å². The van der Waals surface area contributed by atoms with Crippen molar-refractivity contribution in [1.82, 2.24) is 3.57 Å². The fraction of sp³-hybridized carbons (Fsp3) is 0.667. The summed E-state index contributed by atoms with van der Waals surface area (Å²) in [6.07, 6.45) is -0.350. The first kappa shape index (κ1) is 7.06. The van der Waals surface area contributed by atoms with Crippen molar-refractivity contribution in [2.75, 3.05) is 6.61 Å². The minimum absolute atomic E-state index is 0.350. The molecule has 1 N–H and O–H groups in total. The third-order valence-electron chi connectivity index (χ3n) is 0.367. The van der Waals surface area contributed by atoms with E-state index in [2.05, 4.69) is 8.30 Å². The van der Waals surface area contributed by atoms with Gasteiger partial charge in [-0.2, -0.15) is 0 Å². The van der Waals surface area contributed by atoms with E-state index in [0.717, 1.165) is 0 Å². The Balaban J connectivity index is 3.00. The molecule has 0 spiro atoms. The first-order valence-corrected chi connectivity index (χ1v) is 3.15. The molecule has 0 aliphatic carbocycles. The molecule has 0 aromatic heterocycles. The standard InChI is InChI=1S/C3H7NO2Te/c1-2-6-3(5)4-7/h7H,2H2,1H3,(H,4,5). The Morgan fingerprint density at radius 3 is 2.71 bits per heavy atom. The molecular formula is C3H7NO2Te. The van der Waals surface area contributed by atoms with Crippen molar-refractivity contribution in [2.45, 2.75) is 6.92 Å². The molecule has 0 aromatic rings. The summed E-state index contributed by atoms with van der Waals surface area (Å²) in [7, 11) is 0. The Morgan fingerprint density at radius 1 is 2.00 bits per heavy atom. The molecule has 0 rings (SSSR count). The quantitative estimate of drug-likeness (QED) is 0.603. The molecule has 0 fully saturated rings. The fourth-order valence-corrected chi connectivity index (χ4v) is 0.348. The van der Waals surface area contributed by atoms with Crippen LogP contribution in [0.4, 0.5) is 4.79 Å². The van der Waals surface area contributed by atoms with E-state index < -0.39 is 0 Å². The van der Waals surface area contributed by atoms with Gasteiger partial charge in [-0.05, 0) is 0 Å². The Morgan fingerprint density at radius 2 is 2.57 bits per heavy atom. The topological polar surface area (TPSA) is 38.3 Å². The van der Waals surface area contributed by atoms with E-state index in [1.54, 1.807) is 6.92 Å². The Hall–Kier alpha value is 0.0596. The average Bonchev–Trinajstić information content (AvgIpc) is 1.68. The van der Waals surface area contributed by atoms with Crippen LogP contribution in [0, 0.1) is 0 Å². The van der Waals surface area contributed by atoms with Crippen LogP contribution in [0.1, 0.15) is 6.92 Å². The summed E-state index contributed by atoms with van der Waals surface area (Å²) < 4.78 is 6.81. The summed E-state index contributed by atoms with van der Waals surface area (Å²) >= 11 is 1.22. The number of rotatable bonds is 1. The zero-order chi connectivity index (χ0) is 5.70. The van der Waals surface area contributed by atoms with Gasteiger partial charge in [0.1, 0.15) is 0 Å². The van der Waals surface area contributed by atoms with Crippen molar-refractivity contribution < 1.29 is 9.53 Å². The molecule has 0 bridgehead atoms. The number of amides is 1. The monoisotopic (exact) mass is 219 g/mol. The van der Waals surface area contributed by atoms with Gasteiger partial charge in [0.2, 0.25) is 0 Å². The summed E-state index contributed by atoms with van der Waals surface area (Å²) in [6, 6.07) is 0. The van der Waals surface area contributed by atoms with Crippen molar-refractivity contribution in [3.05, 3.63) is 0 Å². The van der Waals surface area contributed by atoms with E-state index in [0.29, 0.717) is 6.61 Å². The predicted molar refractivity (Wildman–Crippen MR) is 27.3 cm³/mol. The van der Waals surface area contributed by atoms with Gasteiger partial charge < -0.3 is 0 Å². The van der Waals surface area contributed by atoms with Crippen molar-refractivity contribution in [3.63, 3.8) is 0 Å². The maximum absolute atomic E-state index is 10.1. The van der Waals surface area contributed by atoms with Gasteiger partial charge in [0.15, 0.2) is 0 Å². The maximum atomic E-state index is 10.1. The molecule has 1 amide bonds. The van der Waals surface area contributed by atoms with E-state index in [4.69, 9.17) is 0 Å². The molecule has 0 aliphatic rings. The molecule has 0 radical (unpaired) electrons. The van der Waals surface area contributed by atoms with E-state index in [9.17, 15) is 4.79 Å². The molecule has 0 unspecified atom stereocenters. The molecule has 0 heterocycles. The molecule has 3 nitrogen and oxygen atoms in total. The van der Waals surface area contributed by atoms with Crippen LogP contribution >= 0.6 is 0 Å². The Labute approximate surface area is 55.7 Å². The van der Waals surface area contributed by atoms with Crippen molar-refractivity contribution in [1.29, 1.82) is 0 Å². The van der Waals surface area contributed by atoms with Crippen LogP contribution in [-0.4, -0.2) is 35.3 Å². The van der Waals surface area contributed by atoms with Gasteiger partial charge in [0.25, 0.3) is 0 Å². The molecule has 7 heavy (non-hydrogen) atoms. The van der Waals surface area contributed by atoms with Crippen LogP contribution in [0.25, 0.3) is 0 Å². The number of hydrogen-bond donors (Lipinski definition) is 1. The van der Waals surface area contributed by atoms with Crippen LogP contribution in [0.5, 0.6) is 0 Å². The van der Waals surface area contributed by atoms with Crippen LogP contribution in [0.2, 0.25) is 0 Å². The SMILES string of the molecule is CCOC(=O)N[TeH]. The van der Waals surface area contributed by atoms with E-state index >= 15 is 0 Å². The molecule has 4 heteroatoms. The zero-order valence-electron chi connectivity index (χ0n) is 3.97. The van der Waals surface area contributed by atoms with Crippen molar-refractivity contribution in [3.8, 4) is 0 Å². The number of ether oxygens (including phenoxy) is 1. The van der Waals surface area contributed by atoms with Gasteiger partial charge in [-0.3, -0.25) is 0 Å². The molecule has 0 saturated carbocycles. The summed E-state index contributed by atoms with van der Waals surface area (Å²) in [5, 5.41) is 0. The molecule has 0 aliphatic heterocycles. The first-order chi connectivity index (χ1) is 3.31. The molecule has 42 valence electrons. The molecule has 0 aromatic carbocycles. The van der Waals surface area contributed by atoms with Gasteiger partial charge in [0, 0.05) is 0 Å². The minimum atomic E-state index is -0.350. The molecule has 0 saturated heterocycles. The van der Waals surface area contributed by atoms with Gasteiger partial charge in [-0.1, -0.05) is 0 Å². The first-order valence-electron chi connectivity index (χ1n) is 1.88. The number of carbonyl (C=O) groups excluding carboxylic acids is 1. The van der Waals surface area contributed by atoms with E-state index in [1.807, 2.05) is 0 Å². The van der Waals surface area contributed by atoms with E-state index in [-0.39, 0.29) is 6.09 Å². The predicted octanol–water partition coefficient (Wildman–Crippen LogP) is -0.452. The van der Waals surface area contributed by atoms with Crippen LogP contribution in [0.15, 0.2) is 0 Å². The Kier molecular flexibility index (Phi) is 4.26. The summed E-state index contributed by atoms with van der Waals surface area (Å²) in [4.78, 5) is 10.1. The summed E-state index contributed by atoms with van der Waals surface area (Å²) in [5.74, 6) is 0. The van der Waals surface area contributed by atoms with Gasteiger partial charge >= 0.3 is 55.3 Å². The van der Waals surface area contributed by atoms with Crippen LogP contribution < -0.4 is 3.57 Å². The molecule has 0 atom stereocenters. The van der Waals surface area contributed by atoms with Crippen LogP contribution in [-0.2, 0) is 4.74 Å². The van der Waals surface area contributed by atoms with Crippen molar-refractivity contribution in [2.24, 2.45) is 0 Å². The van der Waals surface area contributed by atoms with Crippen molar-refractivity contribution >= 4 is 28.7 Å². The average molecular weight is 217 g/mol. The fourth-order valence-electron chi connectivity index (χ4n) is 0.163. The van der Waals surface area contributed by atoms with Gasteiger partial charge in [0.05, 0.1) is 0 Å². The van der Waals surface area contributed by atoms with Gasteiger partial charge in [-0.25, -0.2) is 0 Å². The number of hydrogen-bond acceptors (Lipinski definition) is 2. The normalized spacial score (nSPS) is 7.71. The summed E-state index contributed by atoms with van der Waals surface area (Å²) in [5.41, 5.74) is 0. The third kappa shape index (κ3) is 3.90. The second-order valence-electron chi connectivity index (χ2n) is 0.832. The molecular weight excluding hydrogens is 210 g/mol. The van der Waals surface area contributed by atoms with E-state index in [1.165, 1.54) is 22.6 Å². The zero-order valence-corrected chi connectivity index (χ0v) is 6.52. The third-order valence-corrected chi connectivity index (χ3v) is 0.888. The second-order valence-corrected chi connectivity index (χ2v) is 1.47. The number of nitrogens with one attached hydrogen (secondary N) is 1. The second kappa shape index (κ2) is 4.22. The number of carbonyl (C=O) groups is 1.